The van der Waals surface area contributed by atoms with Crippen LogP contribution >= 0.6 is 11.8 Å². The molecule has 0 aliphatic rings. The Balaban J connectivity index is 1.62. The highest BCUT2D eigenvalue weighted by atomic mass is 32.2. The molecule has 35 heavy (non-hydrogen) atoms. The monoisotopic (exact) mass is 488 g/mol. The molecule has 0 aliphatic carbocycles. The number of amides is 1. The van der Waals surface area contributed by atoms with Gasteiger partial charge in [-0.3, -0.25) is 19.1 Å². The van der Waals surface area contributed by atoms with Gasteiger partial charge >= 0.3 is 5.69 Å². The Kier molecular flexibility index (Phi) is 7.72. The number of aromatic nitrogens is 2. The van der Waals surface area contributed by atoms with Gasteiger partial charge in [0.25, 0.3) is 5.56 Å². The summed E-state index contributed by atoms with van der Waals surface area (Å²) in [5.41, 5.74) is 5.98. The van der Waals surface area contributed by atoms with Crippen molar-refractivity contribution in [2.24, 2.45) is 0 Å². The number of anilines is 2. The van der Waals surface area contributed by atoms with E-state index in [4.69, 9.17) is 5.73 Å². The van der Waals surface area contributed by atoms with Crippen molar-refractivity contribution >= 4 is 39.9 Å². The number of carbonyl (C=O) groups excluding carboxylic acids is 1. The van der Waals surface area contributed by atoms with Crippen molar-refractivity contribution in [2.75, 3.05) is 22.9 Å². The predicted molar refractivity (Wildman–Crippen MR) is 143 cm³/mol. The lowest BCUT2D eigenvalue weighted by Gasteiger charge is -2.24. The van der Waals surface area contributed by atoms with Gasteiger partial charge in [0.1, 0.15) is 5.82 Å². The first-order valence-corrected chi connectivity index (χ1v) is 12.5. The number of rotatable bonds is 9. The first-order chi connectivity index (χ1) is 17.0. The number of nitrogens with two attached hydrogens (primary N) is 1. The fraction of sp³-hybridized carbons (Fsp3) is 0.222. The van der Waals surface area contributed by atoms with Crippen molar-refractivity contribution in [1.82, 2.24) is 9.55 Å². The largest absolute Gasteiger partial charge is 0.383 e. The third kappa shape index (κ3) is 5.66. The number of hydrogen-bond acceptors (Lipinski definition) is 5. The molecule has 0 saturated carbocycles. The summed E-state index contributed by atoms with van der Waals surface area (Å²) < 4.78 is 1.30. The lowest BCUT2D eigenvalue weighted by molar-refractivity contribution is -0.116. The first kappa shape index (κ1) is 24.3. The molecular formula is C27H28N4O3S. The second-order valence-electron chi connectivity index (χ2n) is 8.26. The zero-order valence-electron chi connectivity index (χ0n) is 19.6. The van der Waals surface area contributed by atoms with Gasteiger partial charge in [-0.15, -0.1) is 11.8 Å². The maximum Gasteiger partial charge on any atom is 0.330 e. The molecule has 3 aromatic carbocycles. The number of hydrogen-bond donors (Lipinski definition) is 2. The number of unbranched alkanes of at least 4 members (excludes halogenated alkanes) is 1. The van der Waals surface area contributed by atoms with Crippen molar-refractivity contribution in [1.29, 1.82) is 0 Å². The van der Waals surface area contributed by atoms with Crippen molar-refractivity contribution < 1.29 is 4.79 Å². The molecule has 0 fully saturated rings. The predicted octanol–water partition coefficient (Wildman–Crippen LogP) is 4.25. The minimum atomic E-state index is -0.656. The van der Waals surface area contributed by atoms with E-state index in [0.29, 0.717) is 13.0 Å². The smallest absolute Gasteiger partial charge is 0.330 e. The summed E-state index contributed by atoms with van der Waals surface area (Å²) in [6, 6.07) is 23.5. The van der Waals surface area contributed by atoms with Gasteiger partial charge in [0, 0.05) is 11.4 Å². The second kappa shape index (κ2) is 11.1. The molecule has 1 amide bonds. The molecule has 8 heteroatoms. The molecule has 180 valence electrons. The number of benzene rings is 3. The number of H-pyrrole nitrogens is 1. The fourth-order valence-electron chi connectivity index (χ4n) is 3.92. The molecular weight excluding hydrogens is 460 g/mol. The van der Waals surface area contributed by atoms with Gasteiger partial charge in [0.2, 0.25) is 5.91 Å². The first-order valence-electron chi connectivity index (χ1n) is 11.6. The Morgan fingerprint density at radius 3 is 2.46 bits per heavy atom. The molecule has 0 spiro atoms. The lowest BCUT2D eigenvalue weighted by atomic mass is 10.1. The SMILES string of the molecule is CCCCN(C(=O)CSc1ccc2ccccc2c1)c1c(N)n(Cc2ccccc2)c(=O)[nH]c1=O. The van der Waals surface area contributed by atoms with E-state index in [1.54, 1.807) is 0 Å². The standard InChI is InChI=1S/C27H28N4O3S/c1-2-3-15-30(23(32)18-35-22-14-13-20-11-7-8-12-21(20)16-22)24-25(28)31(27(34)29-26(24)33)17-19-9-5-4-6-10-19/h4-14,16H,2-3,15,17-18,28H2,1H3,(H,29,33,34). The van der Waals surface area contributed by atoms with Crippen LogP contribution in [-0.4, -0.2) is 27.8 Å². The average molecular weight is 489 g/mol. The van der Waals surface area contributed by atoms with Crippen LogP contribution in [-0.2, 0) is 11.3 Å². The molecule has 1 heterocycles. The highest BCUT2D eigenvalue weighted by Crippen LogP contribution is 2.25. The van der Waals surface area contributed by atoms with Gasteiger partial charge in [0.15, 0.2) is 5.69 Å². The van der Waals surface area contributed by atoms with Gasteiger partial charge in [-0.2, -0.15) is 0 Å². The Hall–Kier alpha value is -3.78. The Morgan fingerprint density at radius 1 is 1.00 bits per heavy atom. The highest BCUT2D eigenvalue weighted by molar-refractivity contribution is 8.00. The third-order valence-electron chi connectivity index (χ3n) is 5.79. The molecule has 0 bridgehead atoms. The Labute approximate surface area is 207 Å². The van der Waals surface area contributed by atoms with Gasteiger partial charge < -0.3 is 10.6 Å². The number of nitrogens with one attached hydrogen (secondary N) is 1. The molecule has 0 atom stereocenters. The number of nitrogen functional groups attached to an aromatic ring is 1. The van der Waals surface area contributed by atoms with Crippen LogP contribution in [0, 0.1) is 0 Å². The molecule has 0 saturated heterocycles. The maximum absolute atomic E-state index is 13.4. The van der Waals surface area contributed by atoms with Crippen molar-refractivity contribution in [3.05, 3.63) is 99.2 Å². The van der Waals surface area contributed by atoms with Crippen LogP contribution in [0.4, 0.5) is 11.5 Å². The highest BCUT2D eigenvalue weighted by Gasteiger charge is 2.24. The normalized spacial score (nSPS) is 11.0. The zero-order chi connectivity index (χ0) is 24.8. The van der Waals surface area contributed by atoms with Crippen LogP contribution in [0.1, 0.15) is 25.3 Å². The number of fused-ring (bicyclic) bond motifs is 1. The van der Waals surface area contributed by atoms with E-state index in [1.807, 2.05) is 79.7 Å². The summed E-state index contributed by atoms with van der Waals surface area (Å²) in [7, 11) is 0. The summed E-state index contributed by atoms with van der Waals surface area (Å²) in [5, 5.41) is 2.23. The van der Waals surface area contributed by atoms with Gasteiger partial charge in [0.05, 0.1) is 12.3 Å². The number of carbonyl (C=O) groups is 1. The summed E-state index contributed by atoms with van der Waals surface area (Å²) in [6.45, 7) is 2.54. The van der Waals surface area contributed by atoms with E-state index in [0.717, 1.165) is 27.7 Å². The quantitative estimate of drug-likeness (QED) is 0.343. The molecule has 4 aromatic rings. The topological polar surface area (TPSA) is 101 Å². The fourth-order valence-corrected chi connectivity index (χ4v) is 4.74. The Bertz CT molecular complexity index is 1450. The van der Waals surface area contributed by atoms with Crippen LogP contribution in [0.25, 0.3) is 10.8 Å². The van der Waals surface area contributed by atoms with E-state index < -0.39 is 11.2 Å². The summed E-state index contributed by atoms with van der Waals surface area (Å²) in [4.78, 5) is 43.5. The molecule has 0 radical (unpaired) electrons. The van der Waals surface area contributed by atoms with E-state index >= 15 is 0 Å². The minimum Gasteiger partial charge on any atom is -0.383 e. The van der Waals surface area contributed by atoms with Gasteiger partial charge in [-0.25, -0.2) is 4.79 Å². The van der Waals surface area contributed by atoms with Crippen LogP contribution in [0.15, 0.2) is 87.3 Å². The van der Waals surface area contributed by atoms with E-state index in [2.05, 4.69) is 4.98 Å². The van der Waals surface area contributed by atoms with Crippen molar-refractivity contribution in [3.63, 3.8) is 0 Å². The summed E-state index contributed by atoms with van der Waals surface area (Å²) in [6.07, 6.45) is 1.53. The van der Waals surface area contributed by atoms with Crippen LogP contribution in [0.2, 0.25) is 0 Å². The van der Waals surface area contributed by atoms with Gasteiger partial charge in [-0.05, 0) is 34.9 Å². The third-order valence-corrected chi connectivity index (χ3v) is 6.77. The summed E-state index contributed by atoms with van der Waals surface area (Å²) in [5.74, 6) is -0.111. The molecule has 7 nitrogen and oxygen atoms in total. The lowest BCUT2D eigenvalue weighted by Crippen LogP contribution is -2.42. The number of thioether (sulfide) groups is 1. The Morgan fingerprint density at radius 2 is 1.71 bits per heavy atom. The molecule has 4 rings (SSSR count). The van der Waals surface area contributed by atoms with E-state index in [9.17, 15) is 14.4 Å². The number of nitrogens with zero attached hydrogens (tertiary/aromatic N) is 2. The van der Waals surface area contributed by atoms with Crippen LogP contribution in [0.5, 0.6) is 0 Å². The van der Waals surface area contributed by atoms with Crippen LogP contribution in [0.3, 0.4) is 0 Å². The second-order valence-corrected chi connectivity index (χ2v) is 9.31. The van der Waals surface area contributed by atoms with Crippen molar-refractivity contribution in [3.8, 4) is 0 Å². The molecule has 0 unspecified atom stereocenters. The number of aromatic amines is 1. The maximum atomic E-state index is 13.4. The molecule has 0 aliphatic heterocycles. The van der Waals surface area contributed by atoms with E-state index in [-0.39, 0.29) is 29.7 Å². The zero-order valence-corrected chi connectivity index (χ0v) is 20.4. The van der Waals surface area contributed by atoms with E-state index in [1.165, 1.54) is 21.2 Å². The minimum absolute atomic E-state index is 0.0113. The summed E-state index contributed by atoms with van der Waals surface area (Å²) >= 11 is 1.41. The molecule has 3 N–H and O–H groups in total. The average Bonchev–Trinajstić information content (AvgIpc) is 2.87. The van der Waals surface area contributed by atoms with Crippen LogP contribution < -0.4 is 21.9 Å². The molecule has 1 aromatic heterocycles. The van der Waals surface area contributed by atoms with Crippen molar-refractivity contribution in [2.45, 2.75) is 31.2 Å². The van der Waals surface area contributed by atoms with Gasteiger partial charge in [-0.1, -0.05) is 74.0 Å².